The van der Waals surface area contributed by atoms with Crippen LogP contribution in [0.4, 0.5) is 4.39 Å². The maximum atomic E-state index is 13.1. The molecule has 28 heavy (non-hydrogen) atoms. The van der Waals surface area contributed by atoms with E-state index in [1.807, 2.05) is 30.1 Å². The van der Waals surface area contributed by atoms with Crippen LogP contribution in [-0.2, 0) is 10.3 Å². The third-order valence-electron chi connectivity index (χ3n) is 6.82. The average Bonchev–Trinajstić information content (AvgIpc) is 3.48. The molecule has 2 aliphatic rings. The molecular weight excluding hydrogens is 351 g/mol. The van der Waals surface area contributed by atoms with E-state index in [2.05, 4.69) is 29.2 Å². The van der Waals surface area contributed by atoms with Crippen molar-refractivity contribution in [1.29, 1.82) is 0 Å². The second kappa shape index (κ2) is 7.67. The van der Waals surface area contributed by atoms with Crippen molar-refractivity contribution in [2.45, 2.75) is 37.6 Å². The lowest BCUT2D eigenvalue weighted by molar-refractivity contribution is -0.136. The maximum absolute atomic E-state index is 13.1. The van der Waals surface area contributed by atoms with Crippen molar-refractivity contribution in [1.82, 2.24) is 9.80 Å². The third kappa shape index (κ3) is 3.70. The molecule has 0 bridgehead atoms. The number of hydrogen-bond donors (Lipinski definition) is 0. The molecule has 4 heteroatoms. The Morgan fingerprint density at radius 3 is 2.36 bits per heavy atom. The van der Waals surface area contributed by atoms with Crippen molar-refractivity contribution >= 4 is 5.91 Å². The predicted molar refractivity (Wildman–Crippen MR) is 109 cm³/mol. The van der Waals surface area contributed by atoms with Crippen molar-refractivity contribution in [2.75, 3.05) is 26.7 Å². The molecule has 2 aromatic rings. The van der Waals surface area contributed by atoms with Gasteiger partial charge < -0.3 is 9.80 Å². The topological polar surface area (TPSA) is 23.6 Å². The van der Waals surface area contributed by atoms with Gasteiger partial charge in [0, 0.05) is 33.6 Å². The van der Waals surface area contributed by atoms with Gasteiger partial charge in [-0.15, -0.1) is 0 Å². The average molecular weight is 381 g/mol. The summed E-state index contributed by atoms with van der Waals surface area (Å²) >= 11 is 0. The largest absolute Gasteiger partial charge is 0.336 e. The SMILES string of the molecule is CC(=O)N(C)C1(c2ccccc2)CCN(C[C@@H]2C[C@@H]2c2ccc(F)cc2)CC1. The lowest BCUT2D eigenvalue weighted by atomic mass is 9.79. The molecule has 0 radical (unpaired) electrons. The lowest BCUT2D eigenvalue weighted by Crippen LogP contribution is -2.53. The van der Waals surface area contributed by atoms with Crippen molar-refractivity contribution in [3.05, 3.63) is 71.5 Å². The van der Waals surface area contributed by atoms with Crippen LogP contribution < -0.4 is 0 Å². The number of likely N-dealkylation sites (tertiary alicyclic amines) is 1. The Bertz CT molecular complexity index is 812. The van der Waals surface area contributed by atoms with Crippen LogP contribution in [0.3, 0.4) is 0 Å². The first-order valence-electron chi connectivity index (χ1n) is 10.3. The molecule has 1 aliphatic carbocycles. The quantitative estimate of drug-likeness (QED) is 0.768. The number of piperidine rings is 1. The van der Waals surface area contributed by atoms with Gasteiger partial charge in [0.05, 0.1) is 5.54 Å². The monoisotopic (exact) mass is 380 g/mol. The highest BCUT2D eigenvalue weighted by Gasteiger charge is 2.44. The molecule has 1 amide bonds. The van der Waals surface area contributed by atoms with Crippen LogP contribution in [0.15, 0.2) is 54.6 Å². The molecule has 0 unspecified atom stereocenters. The Kier molecular flexibility index (Phi) is 5.24. The van der Waals surface area contributed by atoms with E-state index in [4.69, 9.17) is 0 Å². The molecule has 148 valence electrons. The Hall–Kier alpha value is -2.20. The molecule has 1 saturated heterocycles. The molecule has 2 atom stereocenters. The number of hydrogen-bond acceptors (Lipinski definition) is 2. The number of benzene rings is 2. The zero-order chi connectivity index (χ0) is 19.7. The molecule has 2 aromatic carbocycles. The van der Waals surface area contributed by atoms with Crippen LogP contribution in [-0.4, -0.2) is 42.4 Å². The van der Waals surface area contributed by atoms with E-state index in [0.717, 1.165) is 32.5 Å². The van der Waals surface area contributed by atoms with Gasteiger partial charge in [-0.1, -0.05) is 42.5 Å². The summed E-state index contributed by atoms with van der Waals surface area (Å²) in [7, 11) is 1.94. The molecule has 3 nitrogen and oxygen atoms in total. The zero-order valence-corrected chi connectivity index (χ0v) is 16.8. The van der Waals surface area contributed by atoms with E-state index in [1.54, 1.807) is 19.1 Å². The number of carbonyl (C=O) groups excluding carboxylic acids is 1. The van der Waals surface area contributed by atoms with Gasteiger partial charge in [0.25, 0.3) is 0 Å². The third-order valence-corrected chi connectivity index (χ3v) is 6.82. The molecular formula is C24H29FN2O. The van der Waals surface area contributed by atoms with Gasteiger partial charge in [0.1, 0.15) is 5.82 Å². The van der Waals surface area contributed by atoms with Crippen LogP contribution in [0.25, 0.3) is 0 Å². The van der Waals surface area contributed by atoms with E-state index in [9.17, 15) is 9.18 Å². The van der Waals surface area contributed by atoms with E-state index in [0.29, 0.717) is 11.8 Å². The van der Waals surface area contributed by atoms with Gasteiger partial charge in [-0.25, -0.2) is 4.39 Å². The highest BCUT2D eigenvalue weighted by atomic mass is 19.1. The van der Waals surface area contributed by atoms with Gasteiger partial charge in [-0.2, -0.15) is 0 Å². The van der Waals surface area contributed by atoms with Crippen molar-refractivity contribution in [2.24, 2.45) is 5.92 Å². The standard InChI is InChI=1S/C24H29FN2O/c1-18(28)26(2)24(21-6-4-3-5-7-21)12-14-27(15-13-24)17-20-16-23(20)19-8-10-22(25)11-9-19/h3-11,20,23H,12-17H2,1-2H3/t20-,23+/m0/s1. The summed E-state index contributed by atoms with van der Waals surface area (Å²) in [5.74, 6) is 1.20. The van der Waals surface area contributed by atoms with E-state index in [1.165, 1.54) is 17.5 Å². The molecule has 1 aliphatic heterocycles. The summed E-state index contributed by atoms with van der Waals surface area (Å²) in [4.78, 5) is 16.7. The minimum Gasteiger partial charge on any atom is -0.336 e. The van der Waals surface area contributed by atoms with Crippen LogP contribution in [0.2, 0.25) is 0 Å². The number of amides is 1. The summed E-state index contributed by atoms with van der Waals surface area (Å²) in [5, 5.41) is 0. The fraction of sp³-hybridized carbons (Fsp3) is 0.458. The van der Waals surface area contributed by atoms with E-state index < -0.39 is 0 Å². The van der Waals surface area contributed by atoms with Crippen molar-refractivity contribution < 1.29 is 9.18 Å². The van der Waals surface area contributed by atoms with Crippen molar-refractivity contribution in [3.8, 4) is 0 Å². The van der Waals surface area contributed by atoms with Gasteiger partial charge >= 0.3 is 0 Å². The number of halogens is 1. The normalized spacial score (nSPS) is 24.0. The molecule has 2 fully saturated rings. The van der Waals surface area contributed by atoms with Gasteiger partial charge in [0.2, 0.25) is 5.91 Å². The lowest BCUT2D eigenvalue weighted by Gasteiger charge is -2.47. The Morgan fingerprint density at radius 2 is 1.75 bits per heavy atom. The molecule has 1 heterocycles. The van der Waals surface area contributed by atoms with Crippen LogP contribution in [0.5, 0.6) is 0 Å². The summed E-state index contributed by atoms with van der Waals surface area (Å²) in [6.07, 6.45) is 3.11. The second-order valence-electron chi connectivity index (χ2n) is 8.43. The fourth-order valence-corrected chi connectivity index (χ4v) is 4.87. The minimum atomic E-state index is -0.205. The van der Waals surface area contributed by atoms with Crippen LogP contribution in [0.1, 0.15) is 43.2 Å². The van der Waals surface area contributed by atoms with Crippen LogP contribution >= 0.6 is 0 Å². The smallest absolute Gasteiger partial charge is 0.219 e. The van der Waals surface area contributed by atoms with Gasteiger partial charge in [-0.3, -0.25) is 4.79 Å². The highest BCUT2D eigenvalue weighted by molar-refractivity contribution is 5.74. The second-order valence-corrected chi connectivity index (χ2v) is 8.43. The summed E-state index contributed by atoms with van der Waals surface area (Å²) in [6, 6.07) is 17.5. The molecule has 0 aromatic heterocycles. The van der Waals surface area contributed by atoms with Crippen molar-refractivity contribution in [3.63, 3.8) is 0 Å². The zero-order valence-electron chi connectivity index (χ0n) is 16.8. The van der Waals surface area contributed by atoms with Gasteiger partial charge in [0.15, 0.2) is 0 Å². The highest BCUT2D eigenvalue weighted by Crippen LogP contribution is 2.48. The summed E-state index contributed by atoms with van der Waals surface area (Å²) in [6.45, 7) is 4.75. The molecule has 0 spiro atoms. The fourth-order valence-electron chi connectivity index (χ4n) is 4.87. The van der Waals surface area contributed by atoms with Gasteiger partial charge in [-0.05, 0) is 54.4 Å². The molecule has 4 rings (SSSR count). The van der Waals surface area contributed by atoms with E-state index in [-0.39, 0.29) is 17.3 Å². The maximum Gasteiger partial charge on any atom is 0.219 e. The number of carbonyl (C=O) groups is 1. The molecule has 1 saturated carbocycles. The van der Waals surface area contributed by atoms with Crippen LogP contribution in [0, 0.1) is 11.7 Å². The Morgan fingerprint density at radius 1 is 1.11 bits per heavy atom. The number of rotatable bonds is 5. The predicted octanol–water partition coefficient (Wildman–Crippen LogP) is 4.40. The first-order chi connectivity index (χ1) is 13.5. The Balaban J connectivity index is 1.40. The first-order valence-corrected chi connectivity index (χ1v) is 10.3. The number of nitrogens with zero attached hydrogens (tertiary/aromatic N) is 2. The minimum absolute atomic E-state index is 0.121. The first kappa shape index (κ1) is 19.1. The Labute approximate surface area is 167 Å². The molecule has 0 N–H and O–H groups in total. The summed E-state index contributed by atoms with van der Waals surface area (Å²) in [5.41, 5.74) is 2.30. The van der Waals surface area contributed by atoms with E-state index >= 15 is 0 Å². The summed E-state index contributed by atoms with van der Waals surface area (Å²) < 4.78 is 13.1.